The maximum atomic E-state index is 12.5. The van der Waals surface area contributed by atoms with Crippen molar-refractivity contribution in [2.75, 3.05) is 13.7 Å². The van der Waals surface area contributed by atoms with Crippen LogP contribution in [0.3, 0.4) is 0 Å². The van der Waals surface area contributed by atoms with Gasteiger partial charge in [-0.1, -0.05) is 36.4 Å². The van der Waals surface area contributed by atoms with Crippen LogP contribution in [0, 0.1) is 6.92 Å². The van der Waals surface area contributed by atoms with Gasteiger partial charge in [-0.25, -0.2) is 9.78 Å². The third-order valence-corrected chi connectivity index (χ3v) is 6.97. The summed E-state index contributed by atoms with van der Waals surface area (Å²) in [6.45, 7) is 2.27. The highest BCUT2D eigenvalue weighted by Gasteiger charge is 2.21. The van der Waals surface area contributed by atoms with E-state index < -0.39 is 12.0 Å². The number of aliphatic carboxylic acids is 1. The summed E-state index contributed by atoms with van der Waals surface area (Å²) in [5.74, 6) is 1.25. The van der Waals surface area contributed by atoms with Crippen LogP contribution in [0.5, 0.6) is 11.5 Å². The van der Waals surface area contributed by atoms with Crippen molar-refractivity contribution >= 4 is 27.8 Å². The lowest BCUT2D eigenvalue weighted by molar-refractivity contribution is -0.141. The van der Waals surface area contributed by atoms with Crippen molar-refractivity contribution in [3.05, 3.63) is 99.9 Å². The number of carbonyl (C=O) groups excluding carboxylic acids is 1. The van der Waals surface area contributed by atoms with E-state index in [0.29, 0.717) is 41.3 Å². The van der Waals surface area contributed by atoms with Gasteiger partial charge in [-0.15, -0.1) is 0 Å². The predicted octanol–water partition coefficient (Wildman–Crippen LogP) is 5.79. The maximum absolute atomic E-state index is 12.5. The molecule has 3 aromatic carbocycles. The Morgan fingerprint density at radius 3 is 2.55 bits per heavy atom. The zero-order valence-corrected chi connectivity index (χ0v) is 23.9. The maximum Gasteiger partial charge on any atom is 0.326 e. The lowest BCUT2D eigenvalue weighted by atomic mass is 10.0. The van der Waals surface area contributed by atoms with Crippen molar-refractivity contribution in [1.82, 2.24) is 10.3 Å². The van der Waals surface area contributed by atoms with Crippen molar-refractivity contribution in [2.24, 2.45) is 0 Å². The van der Waals surface area contributed by atoms with Crippen molar-refractivity contribution in [1.29, 1.82) is 0 Å². The first-order valence-corrected chi connectivity index (χ1v) is 13.7. The Balaban J connectivity index is 1.29. The second-order valence-corrected chi connectivity index (χ2v) is 10.1. The third-order valence-electron chi connectivity index (χ3n) is 6.35. The van der Waals surface area contributed by atoms with Gasteiger partial charge < -0.3 is 24.3 Å². The number of amides is 1. The van der Waals surface area contributed by atoms with Gasteiger partial charge in [0.1, 0.15) is 23.3 Å². The highest BCUT2D eigenvalue weighted by atomic mass is 79.9. The van der Waals surface area contributed by atoms with Gasteiger partial charge in [0, 0.05) is 24.8 Å². The molecule has 1 amide bonds. The van der Waals surface area contributed by atoms with E-state index in [4.69, 9.17) is 13.9 Å². The number of halogens is 1. The molecule has 4 aromatic rings. The lowest BCUT2D eigenvalue weighted by Gasteiger charge is -2.16. The Bertz CT molecular complexity index is 1450. The van der Waals surface area contributed by atoms with Gasteiger partial charge in [0.15, 0.2) is 0 Å². The van der Waals surface area contributed by atoms with Crippen LogP contribution in [0.2, 0.25) is 0 Å². The number of carboxylic acids is 1. The van der Waals surface area contributed by atoms with E-state index in [1.165, 1.54) is 0 Å². The number of benzene rings is 3. The molecule has 2 N–H and O–H groups in total. The van der Waals surface area contributed by atoms with E-state index in [2.05, 4.69) is 26.2 Å². The van der Waals surface area contributed by atoms with Crippen molar-refractivity contribution < 1.29 is 28.6 Å². The first kappa shape index (κ1) is 28.9. The molecule has 0 saturated heterocycles. The number of methoxy groups -OCH3 is 1. The van der Waals surface area contributed by atoms with Crippen LogP contribution < -0.4 is 14.8 Å². The Morgan fingerprint density at radius 2 is 1.82 bits per heavy atom. The molecule has 0 radical (unpaired) electrons. The number of nitrogens with one attached hydrogen (secondary N) is 1. The molecule has 1 heterocycles. The Morgan fingerprint density at radius 1 is 1.02 bits per heavy atom. The molecule has 0 unspecified atom stereocenters. The molecule has 0 spiro atoms. The molecule has 0 aliphatic heterocycles. The number of ether oxygens (including phenoxy) is 2. The van der Waals surface area contributed by atoms with Crippen molar-refractivity contribution in [2.45, 2.75) is 38.6 Å². The van der Waals surface area contributed by atoms with Gasteiger partial charge in [0.2, 0.25) is 11.8 Å². The molecule has 40 heavy (non-hydrogen) atoms. The van der Waals surface area contributed by atoms with Gasteiger partial charge in [-0.05, 0) is 76.8 Å². The number of hydrogen-bond acceptors (Lipinski definition) is 6. The predicted molar refractivity (Wildman–Crippen MR) is 155 cm³/mol. The average molecular weight is 608 g/mol. The van der Waals surface area contributed by atoms with Crippen molar-refractivity contribution in [3.8, 4) is 23.0 Å². The molecule has 1 atom stereocenters. The average Bonchev–Trinajstić information content (AvgIpc) is 3.33. The molecular weight excluding hydrogens is 576 g/mol. The number of oxazole rings is 1. The second kappa shape index (κ2) is 13.8. The van der Waals surface area contributed by atoms with Gasteiger partial charge in [0.25, 0.3) is 0 Å². The summed E-state index contributed by atoms with van der Waals surface area (Å²) in [6.07, 6.45) is 1.36. The molecule has 208 valence electrons. The van der Waals surface area contributed by atoms with E-state index in [-0.39, 0.29) is 18.7 Å². The molecule has 0 saturated carbocycles. The summed E-state index contributed by atoms with van der Waals surface area (Å²) in [7, 11) is 1.58. The topological polar surface area (TPSA) is 111 Å². The van der Waals surface area contributed by atoms with Crippen LogP contribution in [0.15, 0.2) is 81.7 Å². The fraction of sp³-hybridized carbons (Fsp3) is 0.258. The standard InChI is InChI=1S/C31H31BrN2O6/c1-20-26(34-30(40-20)23-8-4-3-5-9-23)15-16-39-28-13-11-22(18-25(28)32)19-27(31(36)37)33-29(35)14-12-21-7-6-10-24(17-21)38-2/h3-11,13,17-18,27H,12,14-16,19H2,1-2H3,(H,33,35)(H,36,37)/t27-/m0/s1. The largest absolute Gasteiger partial charge is 0.497 e. The monoisotopic (exact) mass is 606 g/mol. The van der Waals surface area contributed by atoms with Gasteiger partial charge in [0.05, 0.1) is 23.9 Å². The lowest BCUT2D eigenvalue weighted by Crippen LogP contribution is -2.42. The molecule has 0 bridgehead atoms. The van der Waals surface area contributed by atoms with Crippen LogP contribution in [0.25, 0.3) is 11.5 Å². The molecule has 4 rings (SSSR count). The SMILES string of the molecule is COc1cccc(CCC(=O)N[C@@H](Cc2ccc(OCCc3nc(-c4ccccc4)oc3C)c(Br)c2)C(=O)O)c1. The number of rotatable bonds is 13. The molecule has 0 aliphatic rings. The molecule has 0 aliphatic carbocycles. The Hall–Kier alpha value is -4.11. The smallest absolute Gasteiger partial charge is 0.326 e. The Labute approximate surface area is 241 Å². The highest BCUT2D eigenvalue weighted by Crippen LogP contribution is 2.27. The zero-order valence-electron chi connectivity index (χ0n) is 22.4. The van der Waals surface area contributed by atoms with Gasteiger partial charge in [-0.3, -0.25) is 4.79 Å². The van der Waals surface area contributed by atoms with E-state index >= 15 is 0 Å². The number of hydrogen-bond donors (Lipinski definition) is 2. The number of carbonyl (C=O) groups is 2. The minimum Gasteiger partial charge on any atom is -0.497 e. The second-order valence-electron chi connectivity index (χ2n) is 9.27. The summed E-state index contributed by atoms with van der Waals surface area (Å²) in [4.78, 5) is 29.0. The van der Waals surface area contributed by atoms with Gasteiger partial charge in [-0.2, -0.15) is 0 Å². The fourth-order valence-corrected chi connectivity index (χ4v) is 4.74. The fourth-order valence-electron chi connectivity index (χ4n) is 4.20. The summed E-state index contributed by atoms with van der Waals surface area (Å²) in [5, 5.41) is 12.3. The minimum atomic E-state index is -1.09. The van der Waals surface area contributed by atoms with Crippen LogP contribution in [-0.4, -0.2) is 41.7 Å². The number of aryl methyl sites for hydroxylation is 2. The quantitative estimate of drug-likeness (QED) is 0.198. The van der Waals surface area contributed by atoms with Crippen LogP contribution in [-0.2, 0) is 28.9 Å². The molecule has 1 aromatic heterocycles. The first-order valence-electron chi connectivity index (χ1n) is 12.9. The van der Waals surface area contributed by atoms with E-state index in [9.17, 15) is 14.7 Å². The third kappa shape index (κ3) is 7.95. The number of nitrogens with zero attached hydrogens (tertiary/aromatic N) is 1. The minimum absolute atomic E-state index is 0.138. The van der Waals surface area contributed by atoms with Crippen LogP contribution in [0.4, 0.5) is 0 Å². The first-order chi connectivity index (χ1) is 19.3. The molecule has 8 nitrogen and oxygen atoms in total. The highest BCUT2D eigenvalue weighted by molar-refractivity contribution is 9.10. The summed E-state index contributed by atoms with van der Waals surface area (Å²) >= 11 is 3.52. The normalized spacial score (nSPS) is 11.6. The number of aromatic nitrogens is 1. The van der Waals surface area contributed by atoms with Gasteiger partial charge >= 0.3 is 5.97 Å². The molecule has 0 fully saturated rings. The summed E-state index contributed by atoms with van der Waals surface area (Å²) in [6, 6.07) is 21.5. The number of carboxylic acid groups (broad SMARTS) is 1. The van der Waals surface area contributed by atoms with E-state index in [1.54, 1.807) is 19.2 Å². The van der Waals surface area contributed by atoms with Crippen molar-refractivity contribution in [3.63, 3.8) is 0 Å². The Kier molecular flexibility index (Phi) is 9.96. The molecule has 9 heteroatoms. The van der Waals surface area contributed by atoms with E-state index in [0.717, 1.165) is 28.1 Å². The van der Waals surface area contributed by atoms with Crippen LogP contribution in [0.1, 0.15) is 29.0 Å². The molecular formula is C31H31BrN2O6. The summed E-state index contributed by atoms with van der Waals surface area (Å²) < 4.78 is 17.7. The van der Waals surface area contributed by atoms with Crippen LogP contribution >= 0.6 is 15.9 Å². The van der Waals surface area contributed by atoms with E-state index in [1.807, 2.05) is 67.6 Å². The zero-order chi connectivity index (χ0) is 28.5. The summed E-state index contributed by atoms with van der Waals surface area (Å²) in [5.41, 5.74) is 3.44.